The van der Waals surface area contributed by atoms with Crippen molar-refractivity contribution in [1.82, 2.24) is 0 Å². The van der Waals surface area contributed by atoms with Crippen molar-refractivity contribution in [3.63, 3.8) is 0 Å². The lowest BCUT2D eigenvalue weighted by atomic mass is 10.1. The fourth-order valence-electron chi connectivity index (χ4n) is 3.28. The Morgan fingerprint density at radius 1 is 1.31 bits per heavy atom. The van der Waals surface area contributed by atoms with E-state index >= 15 is 0 Å². The van der Waals surface area contributed by atoms with Crippen LogP contribution >= 0.6 is 11.8 Å². The number of hydrazone groups is 1. The van der Waals surface area contributed by atoms with Crippen LogP contribution in [0.15, 0.2) is 41.5 Å². The van der Waals surface area contributed by atoms with Crippen LogP contribution in [0.1, 0.15) is 48.1 Å². The van der Waals surface area contributed by atoms with Gasteiger partial charge in [0.15, 0.2) is 0 Å². The maximum atomic E-state index is 9.42. The fourth-order valence-corrected chi connectivity index (χ4v) is 4.21. The summed E-state index contributed by atoms with van der Waals surface area (Å²) in [6.45, 7) is 3.88. The molecule has 3 rings (SSSR count). The van der Waals surface area contributed by atoms with Gasteiger partial charge in [-0.2, -0.15) is 10.4 Å². The topological polar surface area (TPSA) is 71.4 Å². The van der Waals surface area contributed by atoms with E-state index in [1.807, 2.05) is 26.0 Å². The number of nitriles is 1. The first-order valence-electron chi connectivity index (χ1n) is 8.84. The molecule has 0 amide bonds. The molecule has 134 valence electrons. The standard InChI is InChI=1S/C21H23N3OS/c1-14(2)25-20-10-9-16(11-18(20)12-22)21(24-23)26-13-17-7-3-5-15-6-4-8-19(15)17/h3,5,7,9-11,14H,4,6,8,13,23H2,1-2H3/b24-21-. The molecule has 0 aromatic heterocycles. The number of aryl methyl sites for hydroxylation is 1. The summed E-state index contributed by atoms with van der Waals surface area (Å²) in [6, 6.07) is 14.3. The van der Waals surface area contributed by atoms with Crippen molar-refractivity contribution in [1.29, 1.82) is 5.26 Å². The van der Waals surface area contributed by atoms with Crippen LogP contribution in [-0.4, -0.2) is 11.1 Å². The van der Waals surface area contributed by atoms with Gasteiger partial charge in [0, 0.05) is 11.3 Å². The van der Waals surface area contributed by atoms with E-state index in [1.54, 1.807) is 17.8 Å². The molecule has 0 fully saturated rings. The maximum Gasteiger partial charge on any atom is 0.137 e. The highest BCUT2D eigenvalue weighted by molar-refractivity contribution is 8.13. The van der Waals surface area contributed by atoms with Crippen LogP contribution in [0.25, 0.3) is 0 Å². The molecule has 1 aliphatic rings. The van der Waals surface area contributed by atoms with Crippen LogP contribution in [0.3, 0.4) is 0 Å². The third kappa shape index (κ3) is 4.03. The molecule has 0 heterocycles. The van der Waals surface area contributed by atoms with E-state index in [2.05, 4.69) is 29.4 Å². The number of fused-ring (bicyclic) bond motifs is 1. The lowest BCUT2D eigenvalue weighted by Gasteiger charge is -2.13. The minimum absolute atomic E-state index is 0.0187. The van der Waals surface area contributed by atoms with Gasteiger partial charge in [-0.15, -0.1) is 0 Å². The monoisotopic (exact) mass is 365 g/mol. The van der Waals surface area contributed by atoms with Gasteiger partial charge in [-0.1, -0.05) is 30.0 Å². The normalized spacial score (nSPS) is 13.5. The van der Waals surface area contributed by atoms with Crippen LogP contribution in [0, 0.1) is 11.3 Å². The number of rotatable bonds is 5. The zero-order valence-electron chi connectivity index (χ0n) is 15.2. The number of nitrogens with two attached hydrogens (primary N) is 1. The summed E-state index contributed by atoms with van der Waals surface area (Å²) < 4.78 is 5.68. The van der Waals surface area contributed by atoms with Gasteiger partial charge in [-0.05, 0) is 68.0 Å². The first kappa shape index (κ1) is 18.3. The predicted octanol–water partition coefficient (Wildman–Crippen LogP) is 4.39. The van der Waals surface area contributed by atoms with Crippen molar-refractivity contribution in [3.8, 4) is 11.8 Å². The van der Waals surface area contributed by atoms with Crippen LogP contribution < -0.4 is 10.6 Å². The molecule has 2 aromatic carbocycles. The third-order valence-electron chi connectivity index (χ3n) is 4.43. The van der Waals surface area contributed by atoms with Crippen LogP contribution in [0.2, 0.25) is 0 Å². The molecule has 2 N–H and O–H groups in total. The van der Waals surface area contributed by atoms with Crippen molar-refractivity contribution in [2.24, 2.45) is 10.9 Å². The molecule has 4 nitrogen and oxygen atoms in total. The van der Waals surface area contributed by atoms with Crippen LogP contribution in [-0.2, 0) is 18.6 Å². The molecule has 26 heavy (non-hydrogen) atoms. The van der Waals surface area contributed by atoms with Gasteiger partial charge >= 0.3 is 0 Å². The Balaban J connectivity index is 1.78. The van der Waals surface area contributed by atoms with E-state index in [9.17, 15) is 5.26 Å². The van der Waals surface area contributed by atoms with Gasteiger partial charge in [-0.3, -0.25) is 0 Å². The van der Waals surface area contributed by atoms with E-state index < -0.39 is 0 Å². The van der Waals surface area contributed by atoms with Crippen molar-refractivity contribution >= 4 is 16.8 Å². The number of hydrogen-bond acceptors (Lipinski definition) is 5. The highest BCUT2D eigenvalue weighted by atomic mass is 32.2. The van der Waals surface area contributed by atoms with E-state index in [0.717, 1.165) is 22.8 Å². The molecular formula is C21H23N3OS. The van der Waals surface area contributed by atoms with Crippen molar-refractivity contribution in [3.05, 3.63) is 64.2 Å². The summed E-state index contributed by atoms with van der Waals surface area (Å²) in [7, 11) is 0. The quantitative estimate of drug-likeness (QED) is 0.369. The van der Waals surface area contributed by atoms with Gasteiger partial charge < -0.3 is 10.6 Å². The molecule has 2 aromatic rings. The summed E-state index contributed by atoms with van der Waals surface area (Å²) in [5.74, 6) is 7.06. The SMILES string of the molecule is CC(C)Oc1ccc(/C(=N/N)SCc2cccc3c2CCC3)cc1C#N. The van der Waals surface area contributed by atoms with Gasteiger partial charge in [0.05, 0.1) is 11.7 Å². The summed E-state index contributed by atoms with van der Waals surface area (Å²) >= 11 is 1.61. The number of thioether (sulfide) groups is 1. The van der Waals surface area contributed by atoms with E-state index in [-0.39, 0.29) is 6.10 Å². The second-order valence-electron chi connectivity index (χ2n) is 6.62. The van der Waals surface area contributed by atoms with E-state index in [4.69, 9.17) is 10.6 Å². The molecular weight excluding hydrogens is 342 g/mol. The Kier molecular flexibility index (Phi) is 5.85. The maximum absolute atomic E-state index is 9.42. The smallest absolute Gasteiger partial charge is 0.137 e. The Hall–Kier alpha value is -2.45. The minimum Gasteiger partial charge on any atom is -0.490 e. The van der Waals surface area contributed by atoms with E-state index in [0.29, 0.717) is 11.3 Å². The Bertz CT molecular complexity index is 868. The fraction of sp³-hybridized carbons (Fsp3) is 0.333. The summed E-state index contributed by atoms with van der Waals surface area (Å²) in [4.78, 5) is 0. The first-order valence-corrected chi connectivity index (χ1v) is 9.82. The van der Waals surface area contributed by atoms with Crippen LogP contribution in [0.5, 0.6) is 5.75 Å². The Morgan fingerprint density at radius 2 is 2.15 bits per heavy atom. The Morgan fingerprint density at radius 3 is 2.88 bits per heavy atom. The predicted molar refractivity (Wildman–Crippen MR) is 107 cm³/mol. The zero-order valence-corrected chi connectivity index (χ0v) is 16.0. The lowest BCUT2D eigenvalue weighted by Crippen LogP contribution is -2.08. The number of ether oxygens (including phenoxy) is 1. The number of nitrogens with zero attached hydrogens (tertiary/aromatic N) is 2. The average molecular weight is 366 g/mol. The van der Waals surface area contributed by atoms with Gasteiger partial charge in [0.2, 0.25) is 0 Å². The summed E-state index contributed by atoms with van der Waals surface area (Å²) in [5, 5.41) is 14.1. The molecule has 5 heteroatoms. The largest absolute Gasteiger partial charge is 0.490 e. The molecule has 0 bridgehead atoms. The van der Waals surface area contributed by atoms with Crippen molar-refractivity contribution < 1.29 is 4.74 Å². The first-order chi connectivity index (χ1) is 12.6. The summed E-state index contributed by atoms with van der Waals surface area (Å²) in [6.07, 6.45) is 3.58. The van der Waals surface area contributed by atoms with Gasteiger partial charge in [0.1, 0.15) is 16.9 Å². The molecule has 0 radical (unpaired) electrons. The van der Waals surface area contributed by atoms with Crippen molar-refractivity contribution in [2.45, 2.75) is 45.0 Å². The second kappa shape index (κ2) is 8.29. The Labute approximate surface area is 159 Å². The van der Waals surface area contributed by atoms with Crippen molar-refractivity contribution in [2.75, 3.05) is 0 Å². The molecule has 0 atom stereocenters. The molecule has 0 saturated carbocycles. The lowest BCUT2D eigenvalue weighted by molar-refractivity contribution is 0.241. The molecule has 0 aliphatic heterocycles. The zero-order chi connectivity index (χ0) is 18.5. The number of benzene rings is 2. The van der Waals surface area contributed by atoms with E-state index in [1.165, 1.54) is 29.5 Å². The van der Waals surface area contributed by atoms with Crippen LogP contribution in [0.4, 0.5) is 0 Å². The second-order valence-corrected chi connectivity index (χ2v) is 7.58. The summed E-state index contributed by atoms with van der Waals surface area (Å²) in [5.41, 5.74) is 5.65. The molecule has 0 unspecified atom stereocenters. The molecule has 1 aliphatic carbocycles. The third-order valence-corrected chi connectivity index (χ3v) is 5.50. The molecule has 0 spiro atoms. The molecule has 0 saturated heterocycles. The van der Waals surface area contributed by atoms with Gasteiger partial charge in [0.25, 0.3) is 0 Å². The minimum atomic E-state index is 0.0187. The van der Waals surface area contributed by atoms with Gasteiger partial charge in [-0.25, -0.2) is 0 Å². The highest BCUT2D eigenvalue weighted by Crippen LogP contribution is 2.30. The average Bonchev–Trinajstić information content (AvgIpc) is 3.12. The number of hydrogen-bond donors (Lipinski definition) is 1. The highest BCUT2D eigenvalue weighted by Gasteiger charge is 2.16.